The molecule has 3 nitrogen and oxygen atoms in total. The molecule has 1 aromatic rings. The average molecular weight is 306 g/mol. The van der Waals surface area contributed by atoms with E-state index in [0.29, 0.717) is 11.5 Å². The molecule has 1 aromatic heterocycles. The first kappa shape index (κ1) is 18.9. The van der Waals surface area contributed by atoms with E-state index in [1.54, 1.807) is 0 Å². The van der Waals surface area contributed by atoms with Gasteiger partial charge in [0.1, 0.15) is 0 Å². The second-order valence-electron chi connectivity index (χ2n) is 7.59. The third kappa shape index (κ3) is 6.76. The van der Waals surface area contributed by atoms with Crippen molar-refractivity contribution in [2.75, 3.05) is 11.4 Å². The summed E-state index contributed by atoms with van der Waals surface area (Å²) >= 11 is 0. The number of unbranched alkanes of at least 4 members (excludes halogenated alkanes) is 1. The molecule has 0 aliphatic heterocycles. The first-order valence-electron chi connectivity index (χ1n) is 8.96. The number of rotatable bonds is 9. The van der Waals surface area contributed by atoms with E-state index in [1.165, 1.54) is 31.4 Å². The van der Waals surface area contributed by atoms with Gasteiger partial charge in [0.2, 0.25) is 5.95 Å². The third-order valence-corrected chi connectivity index (χ3v) is 4.09. The fourth-order valence-corrected chi connectivity index (χ4v) is 2.57. The van der Waals surface area contributed by atoms with Gasteiger partial charge in [-0.15, -0.1) is 0 Å². The van der Waals surface area contributed by atoms with E-state index in [-0.39, 0.29) is 0 Å². The van der Waals surface area contributed by atoms with Crippen LogP contribution in [0.3, 0.4) is 0 Å². The molecule has 0 aliphatic rings. The van der Waals surface area contributed by atoms with Crippen LogP contribution in [0.2, 0.25) is 0 Å². The molecule has 1 rings (SSSR count). The van der Waals surface area contributed by atoms with Crippen LogP contribution in [0.25, 0.3) is 0 Å². The second kappa shape index (κ2) is 9.12. The molecule has 1 heterocycles. The Balaban J connectivity index is 2.89. The minimum Gasteiger partial charge on any atom is -0.338 e. The molecule has 0 bridgehead atoms. The summed E-state index contributed by atoms with van der Waals surface area (Å²) < 4.78 is 0. The SMILES string of the molecule is CCCCc1ccnc(N(CCC(C)(C)C)C(C)CCC)n1. The molecule has 0 amide bonds. The summed E-state index contributed by atoms with van der Waals surface area (Å²) in [6.07, 6.45) is 8.93. The van der Waals surface area contributed by atoms with Gasteiger partial charge >= 0.3 is 0 Å². The van der Waals surface area contributed by atoms with Gasteiger partial charge in [-0.25, -0.2) is 9.97 Å². The molecular formula is C19H35N3. The van der Waals surface area contributed by atoms with Crippen molar-refractivity contribution in [1.82, 2.24) is 9.97 Å². The summed E-state index contributed by atoms with van der Waals surface area (Å²) in [7, 11) is 0. The van der Waals surface area contributed by atoms with Gasteiger partial charge in [-0.05, 0) is 44.1 Å². The van der Waals surface area contributed by atoms with Crippen molar-refractivity contribution in [3.8, 4) is 0 Å². The van der Waals surface area contributed by atoms with Gasteiger partial charge < -0.3 is 4.90 Å². The highest BCUT2D eigenvalue weighted by Gasteiger charge is 2.20. The van der Waals surface area contributed by atoms with Crippen LogP contribution in [-0.4, -0.2) is 22.6 Å². The molecule has 3 heteroatoms. The molecule has 0 spiro atoms. The number of hydrogen-bond donors (Lipinski definition) is 0. The molecule has 1 unspecified atom stereocenters. The van der Waals surface area contributed by atoms with Crippen molar-refractivity contribution < 1.29 is 0 Å². The smallest absolute Gasteiger partial charge is 0.225 e. The molecule has 0 radical (unpaired) electrons. The third-order valence-electron chi connectivity index (χ3n) is 4.09. The highest BCUT2D eigenvalue weighted by atomic mass is 15.3. The van der Waals surface area contributed by atoms with E-state index in [2.05, 4.69) is 57.5 Å². The van der Waals surface area contributed by atoms with Gasteiger partial charge in [-0.1, -0.05) is 47.5 Å². The standard InChI is InChI=1S/C19H35N3/c1-7-9-11-17-12-14-20-18(21-17)22(16(3)10-8-2)15-13-19(4,5)6/h12,14,16H,7-11,13,15H2,1-6H3. The van der Waals surface area contributed by atoms with E-state index in [0.717, 1.165) is 25.3 Å². The van der Waals surface area contributed by atoms with Crippen LogP contribution in [0.1, 0.15) is 79.3 Å². The lowest BCUT2D eigenvalue weighted by Gasteiger charge is -2.32. The maximum absolute atomic E-state index is 4.83. The predicted molar refractivity (Wildman–Crippen MR) is 96.4 cm³/mol. The molecule has 22 heavy (non-hydrogen) atoms. The number of nitrogens with zero attached hydrogens (tertiary/aromatic N) is 3. The number of aromatic nitrogens is 2. The van der Waals surface area contributed by atoms with Crippen molar-refractivity contribution in [1.29, 1.82) is 0 Å². The maximum atomic E-state index is 4.83. The molecule has 1 atom stereocenters. The zero-order chi connectivity index (χ0) is 16.6. The van der Waals surface area contributed by atoms with E-state index in [1.807, 2.05) is 6.20 Å². The highest BCUT2D eigenvalue weighted by Crippen LogP contribution is 2.23. The van der Waals surface area contributed by atoms with E-state index < -0.39 is 0 Å². The molecule has 0 saturated carbocycles. The van der Waals surface area contributed by atoms with Crippen molar-refractivity contribution in [3.05, 3.63) is 18.0 Å². The van der Waals surface area contributed by atoms with Crippen LogP contribution in [0.15, 0.2) is 12.3 Å². The highest BCUT2D eigenvalue weighted by molar-refractivity contribution is 5.32. The average Bonchev–Trinajstić information content (AvgIpc) is 2.45. The maximum Gasteiger partial charge on any atom is 0.225 e. The quantitative estimate of drug-likeness (QED) is 0.624. The summed E-state index contributed by atoms with van der Waals surface area (Å²) in [5.41, 5.74) is 1.51. The Morgan fingerprint density at radius 1 is 1.18 bits per heavy atom. The van der Waals surface area contributed by atoms with Crippen LogP contribution in [0.4, 0.5) is 5.95 Å². The van der Waals surface area contributed by atoms with Crippen molar-refractivity contribution in [3.63, 3.8) is 0 Å². The summed E-state index contributed by atoms with van der Waals surface area (Å²) in [5, 5.41) is 0. The lowest BCUT2D eigenvalue weighted by atomic mass is 9.92. The van der Waals surface area contributed by atoms with E-state index >= 15 is 0 Å². The topological polar surface area (TPSA) is 29.0 Å². The van der Waals surface area contributed by atoms with Crippen LogP contribution in [0, 0.1) is 5.41 Å². The molecule has 126 valence electrons. The zero-order valence-corrected chi connectivity index (χ0v) is 15.5. The van der Waals surface area contributed by atoms with Gasteiger partial charge in [0.25, 0.3) is 0 Å². The Morgan fingerprint density at radius 2 is 1.91 bits per heavy atom. The van der Waals surface area contributed by atoms with Crippen LogP contribution >= 0.6 is 0 Å². The zero-order valence-electron chi connectivity index (χ0n) is 15.5. The number of hydrogen-bond acceptors (Lipinski definition) is 3. The molecule has 0 fully saturated rings. The van der Waals surface area contributed by atoms with Crippen LogP contribution in [0.5, 0.6) is 0 Å². The first-order chi connectivity index (χ1) is 10.4. The summed E-state index contributed by atoms with van der Waals surface area (Å²) in [5.74, 6) is 0.916. The van der Waals surface area contributed by atoms with Gasteiger partial charge in [-0.2, -0.15) is 0 Å². The van der Waals surface area contributed by atoms with E-state index in [9.17, 15) is 0 Å². The summed E-state index contributed by atoms with van der Waals surface area (Å²) in [4.78, 5) is 11.8. The molecule has 0 aliphatic carbocycles. The minimum absolute atomic E-state index is 0.337. The van der Waals surface area contributed by atoms with Crippen LogP contribution < -0.4 is 4.90 Å². The molecule has 0 N–H and O–H groups in total. The fraction of sp³-hybridized carbons (Fsp3) is 0.789. The van der Waals surface area contributed by atoms with Crippen LogP contribution in [-0.2, 0) is 6.42 Å². The van der Waals surface area contributed by atoms with E-state index in [4.69, 9.17) is 4.98 Å². The Kier molecular flexibility index (Phi) is 7.84. The predicted octanol–water partition coefficient (Wildman–Crippen LogP) is 5.25. The number of anilines is 1. The second-order valence-corrected chi connectivity index (χ2v) is 7.59. The molecular weight excluding hydrogens is 270 g/mol. The lowest BCUT2D eigenvalue weighted by molar-refractivity contribution is 0.369. The van der Waals surface area contributed by atoms with Gasteiger partial charge in [0.05, 0.1) is 0 Å². The summed E-state index contributed by atoms with van der Waals surface area (Å²) in [6.45, 7) is 14.7. The van der Waals surface area contributed by atoms with Crippen molar-refractivity contribution in [2.45, 2.75) is 86.1 Å². The fourth-order valence-electron chi connectivity index (χ4n) is 2.57. The molecule has 0 saturated heterocycles. The van der Waals surface area contributed by atoms with Gasteiger partial charge in [-0.3, -0.25) is 0 Å². The largest absolute Gasteiger partial charge is 0.338 e. The first-order valence-corrected chi connectivity index (χ1v) is 8.96. The Morgan fingerprint density at radius 3 is 2.50 bits per heavy atom. The minimum atomic E-state index is 0.337. The Labute approximate surface area is 137 Å². The normalized spacial score (nSPS) is 13.2. The monoisotopic (exact) mass is 305 g/mol. The molecule has 0 aromatic carbocycles. The lowest BCUT2D eigenvalue weighted by Crippen LogP contribution is -2.37. The number of aryl methyl sites for hydroxylation is 1. The Bertz CT molecular complexity index is 423. The Hall–Kier alpha value is -1.12. The van der Waals surface area contributed by atoms with Gasteiger partial charge in [0, 0.05) is 24.5 Å². The van der Waals surface area contributed by atoms with Gasteiger partial charge in [0.15, 0.2) is 0 Å². The van der Waals surface area contributed by atoms with Crippen molar-refractivity contribution in [2.24, 2.45) is 5.41 Å². The van der Waals surface area contributed by atoms with Crippen molar-refractivity contribution >= 4 is 5.95 Å². The summed E-state index contributed by atoms with van der Waals surface area (Å²) in [6, 6.07) is 2.56.